The minimum Gasteiger partial charge on any atom is -0.493 e. The van der Waals surface area contributed by atoms with Crippen LogP contribution in [-0.2, 0) is 11.2 Å². The van der Waals surface area contributed by atoms with Gasteiger partial charge in [-0.1, -0.05) is 30.3 Å². The van der Waals surface area contributed by atoms with Crippen molar-refractivity contribution in [2.75, 3.05) is 26.8 Å². The largest absolute Gasteiger partial charge is 0.493 e. The summed E-state index contributed by atoms with van der Waals surface area (Å²) in [4.78, 5) is 17.8. The van der Waals surface area contributed by atoms with Gasteiger partial charge in [-0.2, -0.15) is 0 Å². The van der Waals surface area contributed by atoms with E-state index in [9.17, 15) is 4.79 Å². The highest BCUT2D eigenvalue weighted by Gasteiger charge is 2.24. The van der Waals surface area contributed by atoms with Crippen molar-refractivity contribution in [2.45, 2.75) is 19.3 Å². The number of aromatic nitrogens is 1. The molecule has 2 aromatic carbocycles. The Morgan fingerprint density at radius 3 is 2.57 bits per heavy atom. The van der Waals surface area contributed by atoms with Gasteiger partial charge in [-0.05, 0) is 48.9 Å². The van der Waals surface area contributed by atoms with Crippen molar-refractivity contribution < 1.29 is 14.3 Å². The summed E-state index contributed by atoms with van der Waals surface area (Å²) in [5.41, 5.74) is 2.57. The van der Waals surface area contributed by atoms with E-state index in [1.807, 2.05) is 29.2 Å². The van der Waals surface area contributed by atoms with Gasteiger partial charge in [-0.15, -0.1) is 0 Å². The standard InChI is InChI=1S/C23H26N2O3/c1-27-21-8-4-5-9-22(21)28-16-23(26)25-12-10-17(11-13-25)14-18-15-24-20-7-3-2-6-19(18)20/h2-9,15,17,24H,10-14,16H2,1H3. The highest BCUT2D eigenvalue weighted by molar-refractivity contribution is 5.83. The summed E-state index contributed by atoms with van der Waals surface area (Å²) in [5.74, 6) is 1.90. The van der Waals surface area contributed by atoms with E-state index in [-0.39, 0.29) is 12.5 Å². The second-order valence-electron chi connectivity index (χ2n) is 7.33. The number of H-pyrrole nitrogens is 1. The second-order valence-corrected chi connectivity index (χ2v) is 7.33. The molecule has 2 heterocycles. The summed E-state index contributed by atoms with van der Waals surface area (Å²) >= 11 is 0. The first kappa shape index (κ1) is 18.4. The summed E-state index contributed by atoms with van der Waals surface area (Å²) in [7, 11) is 1.60. The van der Waals surface area contributed by atoms with Crippen molar-refractivity contribution in [1.29, 1.82) is 0 Å². The summed E-state index contributed by atoms with van der Waals surface area (Å²) in [5, 5.41) is 1.31. The number of amides is 1. The van der Waals surface area contributed by atoms with Gasteiger partial charge in [-0.3, -0.25) is 4.79 Å². The fourth-order valence-corrected chi connectivity index (χ4v) is 3.97. The first-order valence-electron chi connectivity index (χ1n) is 9.83. The van der Waals surface area contributed by atoms with E-state index in [0.717, 1.165) is 32.4 Å². The van der Waals surface area contributed by atoms with Gasteiger partial charge in [-0.25, -0.2) is 0 Å². The number of likely N-dealkylation sites (tertiary alicyclic amines) is 1. The monoisotopic (exact) mass is 378 g/mol. The topological polar surface area (TPSA) is 54.6 Å². The van der Waals surface area contributed by atoms with Crippen molar-refractivity contribution in [3.8, 4) is 11.5 Å². The van der Waals surface area contributed by atoms with Crippen LogP contribution in [0.5, 0.6) is 11.5 Å². The van der Waals surface area contributed by atoms with Crippen LogP contribution in [0, 0.1) is 5.92 Å². The van der Waals surface area contributed by atoms with Gasteiger partial charge in [0, 0.05) is 30.2 Å². The molecule has 0 atom stereocenters. The van der Waals surface area contributed by atoms with E-state index in [1.54, 1.807) is 7.11 Å². The molecule has 5 nitrogen and oxygen atoms in total. The molecule has 1 aliphatic heterocycles. The average Bonchev–Trinajstić information content (AvgIpc) is 3.15. The third kappa shape index (κ3) is 3.98. The molecule has 1 aromatic heterocycles. The molecule has 1 amide bonds. The maximum atomic E-state index is 12.5. The highest BCUT2D eigenvalue weighted by atomic mass is 16.5. The summed E-state index contributed by atoms with van der Waals surface area (Å²) < 4.78 is 10.9. The van der Waals surface area contributed by atoms with Crippen LogP contribution < -0.4 is 9.47 Å². The van der Waals surface area contributed by atoms with E-state index < -0.39 is 0 Å². The maximum Gasteiger partial charge on any atom is 0.260 e. The van der Waals surface area contributed by atoms with Crippen molar-refractivity contribution in [1.82, 2.24) is 9.88 Å². The van der Waals surface area contributed by atoms with E-state index in [2.05, 4.69) is 35.4 Å². The Labute approximate surface area is 165 Å². The molecular formula is C23H26N2O3. The van der Waals surface area contributed by atoms with Crippen molar-refractivity contribution >= 4 is 16.8 Å². The molecule has 0 bridgehead atoms. The first-order valence-corrected chi connectivity index (χ1v) is 9.83. The number of para-hydroxylation sites is 3. The van der Waals surface area contributed by atoms with Gasteiger partial charge >= 0.3 is 0 Å². The van der Waals surface area contributed by atoms with E-state index in [0.29, 0.717) is 17.4 Å². The van der Waals surface area contributed by atoms with Gasteiger partial charge < -0.3 is 19.4 Å². The molecule has 1 aliphatic rings. The Morgan fingerprint density at radius 1 is 1.07 bits per heavy atom. The van der Waals surface area contributed by atoms with Crippen molar-refractivity contribution in [2.24, 2.45) is 5.92 Å². The van der Waals surface area contributed by atoms with Gasteiger partial charge in [0.1, 0.15) is 0 Å². The molecule has 5 heteroatoms. The molecule has 146 valence electrons. The number of fused-ring (bicyclic) bond motifs is 1. The quantitative estimate of drug-likeness (QED) is 0.704. The van der Waals surface area contributed by atoms with Crippen LogP contribution in [0.3, 0.4) is 0 Å². The molecule has 0 spiro atoms. The average molecular weight is 378 g/mol. The van der Waals surface area contributed by atoms with Gasteiger partial charge in [0.15, 0.2) is 18.1 Å². The van der Waals surface area contributed by atoms with Crippen LogP contribution in [0.4, 0.5) is 0 Å². The predicted molar refractivity (Wildman–Crippen MR) is 110 cm³/mol. The van der Waals surface area contributed by atoms with Crippen LogP contribution in [0.25, 0.3) is 10.9 Å². The SMILES string of the molecule is COc1ccccc1OCC(=O)N1CCC(Cc2c[nH]c3ccccc23)CC1. The lowest BCUT2D eigenvalue weighted by molar-refractivity contribution is -0.134. The number of ether oxygens (including phenoxy) is 2. The molecule has 28 heavy (non-hydrogen) atoms. The van der Waals surface area contributed by atoms with Crippen LogP contribution in [0.15, 0.2) is 54.7 Å². The molecule has 1 fully saturated rings. The fourth-order valence-electron chi connectivity index (χ4n) is 3.97. The number of piperidine rings is 1. The van der Waals surface area contributed by atoms with Crippen LogP contribution in [-0.4, -0.2) is 42.6 Å². The Hall–Kier alpha value is -2.95. The minimum absolute atomic E-state index is 0.0384. The molecule has 0 unspecified atom stereocenters. The smallest absolute Gasteiger partial charge is 0.260 e. The zero-order valence-corrected chi connectivity index (χ0v) is 16.2. The number of rotatable bonds is 6. The van der Waals surface area contributed by atoms with Crippen molar-refractivity contribution in [3.63, 3.8) is 0 Å². The molecule has 0 radical (unpaired) electrons. The minimum atomic E-state index is 0.0384. The van der Waals surface area contributed by atoms with Crippen LogP contribution in [0.1, 0.15) is 18.4 Å². The fraction of sp³-hybridized carbons (Fsp3) is 0.348. The number of hydrogen-bond donors (Lipinski definition) is 1. The normalized spacial score (nSPS) is 15.0. The zero-order chi connectivity index (χ0) is 19.3. The summed E-state index contributed by atoms with van der Waals surface area (Å²) in [6, 6.07) is 15.8. The first-order chi connectivity index (χ1) is 13.7. The lowest BCUT2D eigenvalue weighted by Gasteiger charge is -2.32. The number of methoxy groups -OCH3 is 1. The molecule has 1 saturated heterocycles. The Kier molecular flexibility index (Phi) is 5.51. The molecular weight excluding hydrogens is 352 g/mol. The Bertz CT molecular complexity index is 942. The highest BCUT2D eigenvalue weighted by Crippen LogP contribution is 2.27. The molecule has 1 N–H and O–H groups in total. The third-order valence-corrected chi connectivity index (χ3v) is 5.57. The molecule has 0 aliphatic carbocycles. The molecule has 4 rings (SSSR count). The number of nitrogens with zero attached hydrogens (tertiary/aromatic N) is 1. The zero-order valence-electron chi connectivity index (χ0n) is 16.2. The number of aromatic amines is 1. The summed E-state index contributed by atoms with van der Waals surface area (Å²) in [6.07, 6.45) is 5.24. The van der Waals surface area contributed by atoms with Gasteiger partial charge in [0.05, 0.1) is 7.11 Å². The maximum absolute atomic E-state index is 12.5. The third-order valence-electron chi connectivity index (χ3n) is 5.57. The van der Waals surface area contributed by atoms with Gasteiger partial charge in [0.25, 0.3) is 5.91 Å². The lowest BCUT2D eigenvalue weighted by atomic mass is 9.90. The number of nitrogens with one attached hydrogen (secondary N) is 1. The lowest BCUT2D eigenvalue weighted by Crippen LogP contribution is -2.41. The predicted octanol–water partition coefficient (Wildman–Crippen LogP) is 4.04. The van der Waals surface area contributed by atoms with Gasteiger partial charge in [0.2, 0.25) is 0 Å². The number of benzene rings is 2. The van der Waals surface area contributed by atoms with Crippen molar-refractivity contribution in [3.05, 3.63) is 60.3 Å². The molecule has 3 aromatic rings. The van der Waals surface area contributed by atoms with E-state index in [1.165, 1.54) is 16.5 Å². The van der Waals surface area contributed by atoms with E-state index in [4.69, 9.17) is 9.47 Å². The Morgan fingerprint density at radius 2 is 1.79 bits per heavy atom. The summed E-state index contributed by atoms with van der Waals surface area (Å²) in [6.45, 7) is 1.63. The van der Waals surface area contributed by atoms with Crippen LogP contribution >= 0.6 is 0 Å². The number of carbonyl (C=O) groups is 1. The molecule has 0 saturated carbocycles. The van der Waals surface area contributed by atoms with E-state index >= 15 is 0 Å². The second kappa shape index (κ2) is 8.38. The Balaban J connectivity index is 1.28. The number of carbonyl (C=O) groups excluding carboxylic acids is 1. The number of hydrogen-bond acceptors (Lipinski definition) is 3. The van der Waals surface area contributed by atoms with Crippen LogP contribution in [0.2, 0.25) is 0 Å².